The van der Waals surface area contributed by atoms with Crippen molar-refractivity contribution in [1.29, 1.82) is 0 Å². The highest BCUT2D eigenvalue weighted by molar-refractivity contribution is 5.86. The van der Waals surface area contributed by atoms with Crippen molar-refractivity contribution in [3.05, 3.63) is 30.0 Å². The SMILES string of the molecule is CCOC(=O)C=Cc1ccc(N[C@@H]2CCN(C(=O)OC(C)(C)C)C2)nc1. The number of carbonyl (C=O) groups is 2. The van der Waals surface area contributed by atoms with Crippen molar-refractivity contribution < 1.29 is 19.1 Å². The first kappa shape index (κ1) is 19.8. The lowest BCUT2D eigenvalue weighted by atomic mass is 10.2. The van der Waals surface area contributed by atoms with Crippen LogP contribution in [0.4, 0.5) is 10.6 Å². The number of amides is 1. The minimum atomic E-state index is -0.489. The number of ether oxygens (including phenoxy) is 2. The highest BCUT2D eigenvalue weighted by Gasteiger charge is 2.29. The number of hydrogen-bond donors (Lipinski definition) is 1. The Balaban J connectivity index is 1.84. The highest BCUT2D eigenvalue weighted by atomic mass is 16.6. The Labute approximate surface area is 154 Å². The van der Waals surface area contributed by atoms with E-state index in [-0.39, 0.29) is 18.1 Å². The normalized spacial score (nSPS) is 17.4. The van der Waals surface area contributed by atoms with Crippen LogP contribution in [0.3, 0.4) is 0 Å². The van der Waals surface area contributed by atoms with Gasteiger partial charge in [-0.15, -0.1) is 0 Å². The largest absolute Gasteiger partial charge is 0.463 e. The number of aromatic nitrogens is 1. The van der Waals surface area contributed by atoms with Gasteiger partial charge in [-0.05, 0) is 57.9 Å². The van der Waals surface area contributed by atoms with Crippen LogP contribution < -0.4 is 5.32 Å². The van der Waals surface area contributed by atoms with Crippen molar-refractivity contribution in [2.45, 2.75) is 45.8 Å². The minimum Gasteiger partial charge on any atom is -0.463 e. The average molecular weight is 361 g/mol. The van der Waals surface area contributed by atoms with Crippen molar-refractivity contribution in [1.82, 2.24) is 9.88 Å². The third-order valence-corrected chi connectivity index (χ3v) is 3.68. The third-order valence-electron chi connectivity index (χ3n) is 3.68. The summed E-state index contributed by atoms with van der Waals surface area (Å²) in [4.78, 5) is 29.4. The molecule has 2 rings (SSSR count). The smallest absolute Gasteiger partial charge is 0.410 e. The van der Waals surface area contributed by atoms with Crippen LogP contribution in [-0.2, 0) is 14.3 Å². The zero-order chi connectivity index (χ0) is 19.2. The van der Waals surface area contributed by atoms with Crippen LogP contribution in [0.5, 0.6) is 0 Å². The number of carbonyl (C=O) groups excluding carboxylic acids is 2. The number of nitrogens with zero attached hydrogens (tertiary/aromatic N) is 2. The summed E-state index contributed by atoms with van der Waals surface area (Å²) < 4.78 is 10.2. The third kappa shape index (κ3) is 6.38. The zero-order valence-corrected chi connectivity index (χ0v) is 15.8. The summed E-state index contributed by atoms with van der Waals surface area (Å²) in [6, 6.07) is 3.85. The van der Waals surface area contributed by atoms with E-state index in [1.807, 2.05) is 32.9 Å². The molecule has 1 amide bonds. The summed E-state index contributed by atoms with van der Waals surface area (Å²) in [7, 11) is 0. The Morgan fingerprint density at radius 1 is 1.38 bits per heavy atom. The minimum absolute atomic E-state index is 0.135. The van der Waals surface area contributed by atoms with E-state index in [1.165, 1.54) is 6.08 Å². The predicted molar refractivity (Wildman–Crippen MR) is 99.7 cm³/mol. The van der Waals surface area contributed by atoms with Crippen LogP contribution in [-0.4, -0.2) is 53.3 Å². The summed E-state index contributed by atoms with van der Waals surface area (Å²) >= 11 is 0. The van der Waals surface area contributed by atoms with Gasteiger partial charge in [-0.1, -0.05) is 0 Å². The Hall–Kier alpha value is -2.57. The molecular weight excluding hydrogens is 334 g/mol. The van der Waals surface area contributed by atoms with Crippen LogP contribution >= 0.6 is 0 Å². The lowest BCUT2D eigenvalue weighted by Gasteiger charge is -2.24. The van der Waals surface area contributed by atoms with E-state index >= 15 is 0 Å². The van der Waals surface area contributed by atoms with Crippen molar-refractivity contribution in [3.63, 3.8) is 0 Å². The first-order valence-electron chi connectivity index (χ1n) is 8.82. The molecule has 142 valence electrons. The summed E-state index contributed by atoms with van der Waals surface area (Å²) in [5.74, 6) is 0.359. The summed E-state index contributed by atoms with van der Waals surface area (Å²) in [6.07, 6.45) is 5.27. The van der Waals surface area contributed by atoms with E-state index in [0.717, 1.165) is 17.8 Å². The number of esters is 1. The van der Waals surface area contributed by atoms with Crippen LogP contribution in [0.15, 0.2) is 24.4 Å². The van der Waals surface area contributed by atoms with Gasteiger partial charge in [-0.2, -0.15) is 0 Å². The molecule has 1 N–H and O–H groups in total. The Morgan fingerprint density at radius 2 is 2.15 bits per heavy atom. The van der Waals surface area contributed by atoms with Gasteiger partial charge in [-0.25, -0.2) is 14.6 Å². The molecule has 1 aliphatic rings. The van der Waals surface area contributed by atoms with Crippen LogP contribution in [0.1, 0.15) is 39.7 Å². The van der Waals surface area contributed by atoms with Crippen LogP contribution in [0.2, 0.25) is 0 Å². The van der Waals surface area contributed by atoms with E-state index < -0.39 is 5.60 Å². The number of likely N-dealkylation sites (tertiary alicyclic amines) is 1. The number of nitrogens with one attached hydrogen (secondary N) is 1. The van der Waals surface area contributed by atoms with Gasteiger partial charge in [0, 0.05) is 31.4 Å². The van der Waals surface area contributed by atoms with Gasteiger partial charge in [0.1, 0.15) is 11.4 Å². The molecule has 1 saturated heterocycles. The summed E-state index contributed by atoms with van der Waals surface area (Å²) in [5.41, 5.74) is 0.322. The van der Waals surface area contributed by atoms with Gasteiger partial charge in [-0.3, -0.25) is 0 Å². The molecule has 1 fully saturated rings. The standard InChI is InChI=1S/C19H27N3O4/c1-5-25-17(23)9-7-14-6-8-16(20-12-14)21-15-10-11-22(13-15)18(24)26-19(2,3)4/h6-9,12,15H,5,10-11,13H2,1-4H3,(H,20,21)/t15-/m1/s1. The van der Waals surface area contributed by atoms with E-state index in [1.54, 1.807) is 24.1 Å². The first-order valence-corrected chi connectivity index (χ1v) is 8.82. The van der Waals surface area contributed by atoms with Gasteiger partial charge >= 0.3 is 12.1 Å². The second-order valence-electron chi connectivity index (χ2n) is 7.12. The van der Waals surface area contributed by atoms with Crippen molar-refractivity contribution in [2.75, 3.05) is 25.0 Å². The molecule has 2 heterocycles. The van der Waals surface area contributed by atoms with E-state index in [9.17, 15) is 9.59 Å². The quantitative estimate of drug-likeness (QED) is 0.641. The fourth-order valence-electron chi connectivity index (χ4n) is 2.52. The van der Waals surface area contributed by atoms with E-state index in [2.05, 4.69) is 10.3 Å². The molecule has 0 unspecified atom stereocenters. The monoisotopic (exact) mass is 361 g/mol. The van der Waals surface area contributed by atoms with Crippen LogP contribution in [0.25, 0.3) is 6.08 Å². The van der Waals surface area contributed by atoms with Crippen molar-refractivity contribution in [3.8, 4) is 0 Å². The molecule has 1 aliphatic heterocycles. The molecular formula is C19H27N3O4. The second kappa shape index (κ2) is 8.69. The molecule has 7 nitrogen and oxygen atoms in total. The molecule has 1 aromatic rings. The molecule has 0 bridgehead atoms. The molecule has 0 aromatic carbocycles. The Morgan fingerprint density at radius 3 is 2.77 bits per heavy atom. The maximum Gasteiger partial charge on any atom is 0.410 e. The molecule has 26 heavy (non-hydrogen) atoms. The Bertz CT molecular complexity index is 650. The molecule has 1 atom stereocenters. The number of anilines is 1. The predicted octanol–water partition coefficient (Wildman–Crippen LogP) is 3.08. The highest BCUT2D eigenvalue weighted by Crippen LogP contribution is 2.18. The summed E-state index contributed by atoms with van der Waals surface area (Å²) in [6.45, 7) is 8.94. The van der Waals surface area contributed by atoms with Gasteiger partial charge in [0.25, 0.3) is 0 Å². The fraction of sp³-hybridized carbons (Fsp3) is 0.526. The van der Waals surface area contributed by atoms with Crippen molar-refractivity contribution >= 4 is 24.0 Å². The molecule has 0 saturated carbocycles. The number of rotatable bonds is 5. The molecule has 7 heteroatoms. The Kier molecular flexibility index (Phi) is 6.60. The van der Waals surface area contributed by atoms with Gasteiger partial charge in [0.05, 0.1) is 6.61 Å². The number of hydrogen-bond acceptors (Lipinski definition) is 6. The van der Waals surface area contributed by atoms with Gasteiger partial charge in [0.15, 0.2) is 0 Å². The molecule has 0 aliphatic carbocycles. The van der Waals surface area contributed by atoms with Crippen LogP contribution in [0, 0.1) is 0 Å². The average Bonchev–Trinajstić information content (AvgIpc) is 3.02. The lowest BCUT2D eigenvalue weighted by Crippen LogP contribution is -2.36. The topological polar surface area (TPSA) is 80.8 Å². The number of pyridine rings is 1. The maximum atomic E-state index is 12.1. The van der Waals surface area contributed by atoms with E-state index in [4.69, 9.17) is 9.47 Å². The van der Waals surface area contributed by atoms with Gasteiger partial charge in [0.2, 0.25) is 0 Å². The lowest BCUT2D eigenvalue weighted by molar-refractivity contribution is -0.137. The summed E-state index contributed by atoms with van der Waals surface area (Å²) in [5, 5.41) is 3.32. The second-order valence-corrected chi connectivity index (χ2v) is 7.12. The fourth-order valence-corrected chi connectivity index (χ4v) is 2.52. The molecule has 1 aromatic heterocycles. The zero-order valence-electron chi connectivity index (χ0n) is 15.8. The van der Waals surface area contributed by atoms with Gasteiger partial charge < -0.3 is 19.7 Å². The van der Waals surface area contributed by atoms with Crippen molar-refractivity contribution in [2.24, 2.45) is 0 Å². The first-order chi connectivity index (χ1) is 12.3. The van der Waals surface area contributed by atoms with E-state index in [0.29, 0.717) is 19.7 Å². The molecule has 0 radical (unpaired) electrons. The molecule has 0 spiro atoms. The maximum absolute atomic E-state index is 12.1.